The highest BCUT2D eigenvalue weighted by molar-refractivity contribution is 8.13. The maximum Gasteiger partial charge on any atom is 0.154 e. The van der Waals surface area contributed by atoms with Crippen LogP contribution < -0.4 is 5.73 Å². The molecule has 2 aliphatic rings. The molecule has 2 atom stereocenters. The van der Waals surface area contributed by atoms with Crippen LogP contribution in [-0.4, -0.2) is 20.7 Å². The predicted molar refractivity (Wildman–Crippen MR) is 92.0 cm³/mol. The van der Waals surface area contributed by atoms with E-state index in [1.54, 1.807) is 11.8 Å². The minimum atomic E-state index is 0.235. The number of benzene rings is 1. The molecule has 0 saturated carbocycles. The summed E-state index contributed by atoms with van der Waals surface area (Å²) < 4.78 is 1.95. The Kier molecular flexibility index (Phi) is 3.26. The maximum atomic E-state index is 5.97. The van der Waals surface area contributed by atoms with Crippen LogP contribution in [0, 0.1) is 12.8 Å². The van der Waals surface area contributed by atoms with Crippen molar-refractivity contribution in [1.29, 1.82) is 0 Å². The highest BCUT2D eigenvalue weighted by Crippen LogP contribution is 2.43. The van der Waals surface area contributed by atoms with Gasteiger partial charge in [0.25, 0.3) is 0 Å². The Balaban J connectivity index is 1.82. The fourth-order valence-electron chi connectivity index (χ4n) is 3.61. The SMILES string of the molecule is Cc1cc(-c2ccc3c(c2)C2N=C(N)SCC2CC3)n(C)n1. The van der Waals surface area contributed by atoms with Crippen LogP contribution in [0.1, 0.15) is 29.3 Å². The van der Waals surface area contributed by atoms with Crippen molar-refractivity contribution < 1.29 is 0 Å². The molecule has 114 valence electrons. The molecule has 4 rings (SSSR count). The molecule has 2 N–H and O–H groups in total. The molecule has 0 fully saturated rings. The van der Waals surface area contributed by atoms with Gasteiger partial charge in [-0.3, -0.25) is 9.67 Å². The number of aliphatic imine (C=N–C) groups is 1. The normalized spacial score (nSPS) is 23.6. The zero-order chi connectivity index (χ0) is 15.3. The standard InChI is InChI=1S/C17H20N4S/c1-10-7-15(21(2)20-10)12-5-3-11-4-6-13-9-22-17(18)19-16(13)14(11)8-12/h3,5,7-8,13,16H,4,6,9H2,1-2H3,(H2,18,19). The molecule has 1 aliphatic heterocycles. The zero-order valence-electron chi connectivity index (χ0n) is 12.9. The Morgan fingerprint density at radius 1 is 1.32 bits per heavy atom. The van der Waals surface area contributed by atoms with Crippen LogP contribution in [0.5, 0.6) is 0 Å². The van der Waals surface area contributed by atoms with Crippen LogP contribution in [-0.2, 0) is 13.5 Å². The van der Waals surface area contributed by atoms with Crippen molar-refractivity contribution in [3.05, 3.63) is 41.1 Å². The van der Waals surface area contributed by atoms with Gasteiger partial charge in [0.2, 0.25) is 0 Å². The third-order valence-electron chi connectivity index (χ3n) is 4.70. The largest absolute Gasteiger partial charge is 0.379 e. The van der Waals surface area contributed by atoms with E-state index < -0.39 is 0 Å². The number of rotatable bonds is 1. The summed E-state index contributed by atoms with van der Waals surface area (Å²) in [5, 5.41) is 5.19. The smallest absolute Gasteiger partial charge is 0.154 e. The molecule has 1 aromatic carbocycles. The number of amidine groups is 1. The Hall–Kier alpha value is -1.75. The summed E-state index contributed by atoms with van der Waals surface area (Å²) in [6, 6.07) is 9.14. The summed E-state index contributed by atoms with van der Waals surface area (Å²) >= 11 is 1.70. The van der Waals surface area contributed by atoms with Gasteiger partial charge in [-0.05, 0) is 48.9 Å². The van der Waals surface area contributed by atoms with Gasteiger partial charge in [-0.2, -0.15) is 5.10 Å². The number of thioether (sulfide) groups is 1. The average Bonchev–Trinajstić information content (AvgIpc) is 2.85. The van der Waals surface area contributed by atoms with E-state index in [2.05, 4.69) is 29.4 Å². The number of aryl methyl sites for hydroxylation is 3. The zero-order valence-corrected chi connectivity index (χ0v) is 13.7. The number of fused-ring (bicyclic) bond motifs is 3. The molecular formula is C17H20N4S. The molecule has 5 heteroatoms. The summed E-state index contributed by atoms with van der Waals surface area (Å²) in [6.45, 7) is 2.03. The van der Waals surface area contributed by atoms with E-state index in [4.69, 9.17) is 10.7 Å². The Labute approximate surface area is 134 Å². The number of hydrogen-bond acceptors (Lipinski definition) is 4. The van der Waals surface area contributed by atoms with E-state index in [9.17, 15) is 0 Å². The summed E-state index contributed by atoms with van der Waals surface area (Å²) in [5.41, 5.74) is 12.2. The number of aromatic nitrogens is 2. The van der Waals surface area contributed by atoms with Crippen LogP contribution in [0.4, 0.5) is 0 Å². The monoisotopic (exact) mass is 312 g/mol. The van der Waals surface area contributed by atoms with Crippen molar-refractivity contribution in [2.24, 2.45) is 23.7 Å². The van der Waals surface area contributed by atoms with E-state index in [-0.39, 0.29) is 6.04 Å². The minimum absolute atomic E-state index is 0.235. The highest BCUT2D eigenvalue weighted by Gasteiger charge is 2.32. The number of nitrogens with zero attached hydrogens (tertiary/aromatic N) is 3. The van der Waals surface area contributed by atoms with Gasteiger partial charge in [0.15, 0.2) is 5.17 Å². The van der Waals surface area contributed by atoms with Gasteiger partial charge >= 0.3 is 0 Å². The second-order valence-electron chi connectivity index (χ2n) is 6.23. The molecule has 4 nitrogen and oxygen atoms in total. The van der Waals surface area contributed by atoms with Gasteiger partial charge in [0.1, 0.15) is 0 Å². The third kappa shape index (κ3) is 2.24. The van der Waals surface area contributed by atoms with Crippen molar-refractivity contribution in [3.63, 3.8) is 0 Å². The second kappa shape index (κ2) is 5.16. The first-order valence-corrected chi connectivity index (χ1v) is 8.70. The van der Waals surface area contributed by atoms with Crippen LogP contribution >= 0.6 is 11.8 Å². The van der Waals surface area contributed by atoms with Gasteiger partial charge in [-0.25, -0.2) is 0 Å². The fourth-order valence-corrected chi connectivity index (χ4v) is 4.53. The molecule has 0 bridgehead atoms. The lowest BCUT2D eigenvalue weighted by Gasteiger charge is -2.34. The van der Waals surface area contributed by atoms with Gasteiger partial charge in [-0.1, -0.05) is 23.9 Å². The first-order valence-electron chi connectivity index (χ1n) is 7.72. The first kappa shape index (κ1) is 13.9. The molecule has 0 amide bonds. The number of nitrogens with two attached hydrogens (primary N) is 1. The molecule has 0 spiro atoms. The molecule has 2 unspecified atom stereocenters. The van der Waals surface area contributed by atoms with Crippen molar-refractivity contribution in [2.45, 2.75) is 25.8 Å². The molecule has 1 aromatic heterocycles. The lowest BCUT2D eigenvalue weighted by molar-refractivity contribution is 0.418. The molecule has 2 heterocycles. The van der Waals surface area contributed by atoms with E-state index >= 15 is 0 Å². The molecule has 1 aliphatic carbocycles. The third-order valence-corrected chi connectivity index (χ3v) is 5.70. The van der Waals surface area contributed by atoms with E-state index in [0.717, 1.165) is 28.7 Å². The Bertz CT molecular complexity index is 762. The predicted octanol–water partition coefficient (Wildman–Crippen LogP) is 3.06. The maximum absolute atomic E-state index is 5.97. The van der Waals surface area contributed by atoms with Gasteiger partial charge in [0, 0.05) is 18.4 Å². The molecule has 0 saturated heterocycles. The van der Waals surface area contributed by atoms with E-state index in [1.165, 1.54) is 23.1 Å². The molecular weight excluding hydrogens is 292 g/mol. The number of hydrogen-bond donors (Lipinski definition) is 1. The van der Waals surface area contributed by atoms with Crippen LogP contribution in [0.15, 0.2) is 29.3 Å². The second-order valence-corrected chi connectivity index (χ2v) is 7.27. The van der Waals surface area contributed by atoms with Crippen molar-refractivity contribution in [1.82, 2.24) is 9.78 Å². The van der Waals surface area contributed by atoms with Gasteiger partial charge in [-0.15, -0.1) is 0 Å². The minimum Gasteiger partial charge on any atom is -0.379 e. The average molecular weight is 312 g/mol. The van der Waals surface area contributed by atoms with Crippen molar-refractivity contribution >= 4 is 16.9 Å². The summed E-state index contributed by atoms with van der Waals surface area (Å²) in [4.78, 5) is 4.74. The Morgan fingerprint density at radius 3 is 2.95 bits per heavy atom. The van der Waals surface area contributed by atoms with Crippen LogP contribution in [0.2, 0.25) is 0 Å². The van der Waals surface area contributed by atoms with E-state index in [1.807, 2.05) is 18.7 Å². The van der Waals surface area contributed by atoms with Crippen LogP contribution in [0.3, 0.4) is 0 Å². The van der Waals surface area contributed by atoms with Crippen molar-refractivity contribution in [2.75, 3.05) is 5.75 Å². The Morgan fingerprint density at radius 2 is 2.18 bits per heavy atom. The highest BCUT2D eigenvalue weighted by atomic mass is 32.2. The molecule has 22 heavy (non-hydrogen) atoms. The van der Waals surface area contributed by atoms with Crippen LogP contribution in [0.25, 0.3) is 11.3 Å². The fraction of sp³-hybridized carbons (Fsp3) is 0.412. The van der Waals surface area contributed by atoms with Gasteiger partial charge in [0.05, 0.1) is 17.4 Å². The molecule has 2 aromatic rings. The lowest BCUT2D eigenvalue weighted by atomic mass is 9.80. The lowest BCUT2D eigenvalue weighted by Crippen LogP contribution is -2.28. The summed E-state index contributed by atoms with van der Waals surface area (Å²) in [5.74, 6) is 1.71. The quantitative estimate of drug-likeness (QED) is 0.880. The summed E-state index contributed by atoms with van der Waals surface area (Å²) in [7, 11) is 2.00. The molecule has 0 radical (unpaired) electrons. The first-order chi connectivity index (χ1) is 10.6. The van der Waals surface area contributed by atoms with E-state index in [0.29, 0.717) is 5.92 Å². The van der Waals surface area contributed by atoms with Crippen molar-refractivity contribution in [3.8, 4) is 11.3 Å². The topological polar surface area (TPSA) is 56.2 Å². The van der Waals surface area contributed by atoms with Gasteiger partial charge < -0.3 is 5.73 Å². The summed E-state index contributed by atoms with van der Waals surface area (Å²) in [6.07, 6.45) is 2.36.